The molecule has 23 heavy (non-hydrogen) atoms. The second kappa shape index (κ2) is 6.12. The Labute approximate surface area is 135 Å². The van der Waals surface area contributed by atoms with E-state index in [0.717, 1.165) is 11.1 Å². The molecule has 0 spiro atoms. The molecule has 3 aromatic rings. The number of hydrogen-bond donors (Lipinski definition) is 2. The number of rotatable bonds is 4. The lowest BCUT2D eigenvalue weighted by atomic mass is 10.0. The van der Waals surface area contributed by atoms with Crippen LogP contribution in [0.1, 0.15) is 25.3 Å². The van der Waals surface area contributed by atoms with E-state index < -0.39 is 0 Å². The first-order valence-corrected chi connectivity index (χ1v) is 7.47. The second-order valence-corrected chi connectivity index (χ2v) is 5.67. The zero-order valence-electron chi connectivity index (χ0n) is 13.4. The average molecular weight is 309 g/mol. The molecule has 0 aliphatic carbocycles. The third-order valence-corrected chi connectivity index (χ3v) is 3.75. The number of methoxy groups -OCH3 is 1. The summed E-state index contributed by atoms with van der Waals surface area (Å²) in [6, 6.07) is 11.5. The van der Waals surface area contributed by atoms with Gasteiger partial charge < -0.3 is 15.2 Å². The number of phenolic OH excluding ortho intramolecular Hbond substituents is 1. The number of aromatic nitrogens is 2. The van der Waals surface area contributed by atoms with Crippen LogP contribution in [0.15, 0.2) is 42.7 Å². The monoisotopic (exact) mass is 309 g/mol. The lowest BCUT2D eigenvalue weighted by molar-refractivity contribution is 0.374. The quantitative estimate of drug-likeness (QED) is 0.755. The predicted octanol–water partition coefficient (Wildman–Crippen LogP) is 4.21. The van der Waals surface area contributed by atoms with Crippen LogP contribution in [-0.4, -0.2) is 22.2 Å². The second-order valence-electron chi connectivity index (χ2n) is 5.67. The average Bonchev–Trinajstić information content (AvgIpc) is 2.55. The van der Waals surface area contributed by atoms with Crippen molar-refractivity contribution in [1.29, 1.82) is 0 Å². The van der Waals surface area contributed by atoms with Crippen molar-refractivity contribution >= 4 is 22.4 Å². The van der Waals surface area contributed by atoms with Crippen LogP contribution in [0, 0.1) is 0 Å². The Morgan fingerprint density at radius 1 is 1.13 bits per heavy atom. The molecular weight excluding hydrogens is 290 g/mol. The molecule has 1 aromatic heterocycles. The Kier molecular flexibility index (Phi) is 4.02. The van der Waals surface area contributed by atoms with Crippen LogP contribution in [0.2, 0.25) is 0 Å². The molecule has 0 unspecified atom stereocenters. The minimum atomic E-state index is 0.0637. The Bertz CT molecular complexity index is 847. The summed E-state index contributed by atoms with van der Waals surface area (Å²) in [6.07, 6.45) is 1.49. The van der Waals surface area contributed by atoms with Gasteiger partial charge in [0, 0.05) is 17.1 Å². The van der Waals surface area contributed by atoms with E-state index in [1.54, 1.807) is 12.1 Å². The molecule has 5 nitrogen and oxygen atoms in total. The summed E-state index contributed by atoms with van der Waals surface area (Å²) >= 11 is 0. The largest absolute Gasteiger partial charge is 0.504 e. The predicted molar refractivity (Wildman–Crippen MR) is 91.6 cm³/mol. The van der Waals surface area contributed by atoms with Gasteiger partial charge >= 0.3 is 0 Å². The Morgan fingerprint density at radius 3 is 2.70 bits per heavy atom. The topological polar surface area (TPSA) is 67.3 Å². The minimum Gasteiger partial charge on any atom is -0.504 e. The van der Waals surface area contributed by atoms with Crippen molar-refractivity contribution in [3.63, 3.8) is 0 Å². The van der Waals surface area contributed by atoms with Gasteiger partial charge in [-0.25, -0.2) is 9.97 Å². The lowest BCUT2D eigenvalue weighted by Crippen LogP contribution is -1.98. The van der Waals surface area contributed by atoms with Crippen molar-refractivity contribution < 1.29 is 9.84 Å². The number of aromatic hydroxyl groups is 1. The first-order chi connectivity index (χ1) is 11.1. The molecule has 0 fully saturated rings. The maximum Gasteiger partial charge on any atom is 0.162 e. The van der Waals surface area contributed by atoms with Gasteiger partial charge in [0.15, 0.2) is 11.5 Å². The minimum absolute atomic E-state index is 0.0637. The van der Waals surface area contributed by atoms with Crippen LogP contribution in [-0.2, 0) is 0 Å². The highest BCUT2D eigenvalue weighted by molar-refractivity contribution is 5.92. The highest BCUT2D eigenvalue weighted by atomic mass is 16.5. The molecule has 5 heteroatoms. The van der Waals surface area contributed by atoms with Crippen LogP contribution in [0.4, 0.5) is 11.5 Å². The van der Waals surface area contributed by atoms with Gasteiger partial charge in [-0.1, -0.05) is 26.0 Å². The molecule has 2 aromatic carbocycles. The molecule has 0 bridgehead atoms. The number of nitrogens with one attached hydrogen (secondary N) is 1. The van der Waals surface area contributed by atoms with Crippen LogP contribution in [0.5, 0.6) is 11.5 Å². The SMILES string of the molecule is COc1cc2ncnc(Nc3cccc(C(C)C)c3)c2cc1O. The van der Waals surface area contributed by atoms with Gasteiger partial charge in [-0.3, -0.25) is 0 Å². The molecule has 0 saturated carbocycles. The molecule has 1 heterocycles. The molecule has 2 N–H and O–H groups in total. The summed E-state index contributed by atoms with van der Waals surface area (Å²) in [5.41, 5.74) is 2.90. The van der Waals surface area contributed by atoms with E-state index in [2.05, 4.69) is 41.3 Å². The zero-order chi connectivity index (χ0) is 16.4. The molecule has 0 radical (unpaired) electrons. The zero-order valence-corrected chi connectivity index (χ0v) is 13.4. The van der Waals surface area contributed by atoms with Crippen LogP contribution < -0.4 is 10.1 Å². The molecule has 118 valence electrons. The van der Waals surface area contributed by atoms with Gasteiger partial charge in [0.25, 0.3) is 0 Å². The van der Waals surface area contributed by atoms with Gasteiger partial charge in [0.2, 0.25) is 0 Å². The summed E-state index contributed by atoms with van der Waals surface area (Å²) < 4.78 is 5.12. The standard InChI is InChI=1S/C18H19N3O2/c1-11(2)12-5-4-6-13(7-12)21-18-14-8-16(22)17(23-3)9-15(14)19-10-20-18/h4-11,22H,1-3H3,(H,19,20,21). The summed E-state index contributed by atoms with van der Waals surface area (Å²) in [5, 5.41) is 14.0. The van der Waals surface area contributed by atoms with E-state index in [0.29, 0.717) is 23.0 Å². The number of nitrogens with zero attached hydrogens (tertiary/aromatic N) is 2. The van der Waals surface area contributed by atoms with Crippen molar-refractivity contribution in [1.82, 2.24) is 9.97 Å². The maximum absolute atomic E-state index is 10.0. The van der Waals surface area contributed by atoms with E-state index in [1.165, 1.54) is 19.0 Å². The third-order valence-electron chi connectivity index (χ3n) is 3.75. The summed E-state index contributed by atoms with van der Waals surface area (Å²) in [6.45, 7) is 4.31. The van der Waals surface area contributed by atoms with Crippen molar-refractivity contribution in [2.24, 2.45) is 0 Å². The van der Waals surface area contributed by atoms with Crippen molar-refractivity contribution in [3.05, 3.63) is 48.3 Å². The molecule has 0 atom stereocenters. The smallest absolute Gasteiger partial charge is 0.162 e. The molecule has 0 amide bonds. The van der Waals surface area contributed by atoms with Crippen LogP contribution in [0.25, 0.3) is 10.9 Å². The van der Waals surface area contributed by atoms with Gasteiger partial charge in [-0.05, 0) is 29.7 Å². The highest BCUT2D eigenvalue weighted by Crippen LogP contribution is 2.33. The molecule has 0 saturated heterocycles. The highest BCUT2D eigenvalue weighted by Gasteiger charge is 2.10. The van der Waals surface area contributed by atoms with Crippen molar-refractivity contribution in [2.75, 3.05) is 12.4 Å². The third kappa shape index (κ3) is 3.04. The fourth-order valence-electron chi connectivity index (χ4n) is 2.45. The number of benzene rings is 2. The normalized spacial score (nSPS) is 11.0. The number of fused-ring (bicyclic) bond motifs is 1. The maximum atomic E-state index is 10.0. The first kappa shape index (κ1) is 15.1. The molecule has 0 aliphatic rings. The lowest BCUT2D eigenvalue weighted by Gasteiger charge is -2.12. The molecular formula is C18H19N3O2. The first-order valence-electron chi connectivity index (χ1n) is 7.47. The Morgan fingerprint density at radius 2 is 1.96 bits per heavy atom. The van der Waals surface area contributed by atoms with E-state index >= 15 is 0 Å². The fraction of sp³-hybridized carbons (Fsp3) is 0.222. The summed E-state index contributed by atoms with van der Waals surface area (Å²) in [5.74, 6) is 1.55. The van der Waals surface area contributed by atoms with Crippen LogP contribution >= 0.6 is 0 Å². The van der Waals surface area contributed by atoms with Gasteiger partial charge in [-0.2, -0.15) is 0 Å². The molecule has 3 rings (SSSR count). The number of anilines is 2. The van der Waals surface area contributed by atoms with Crippen molar-refractivity contribution in [2.45, 2.75) is 19.8 Å². The number of hydrogen-bond acceptors (Lipinski definition) is 5. The van der Waals surface area contributed by atoms with Gasteiger partial charge in [0.05, 0.1) is 12.6 Å². The molecule has 0 aliphatic heterocycles. The van der Waals surface area contributed by atoms with E-state index in [4.69, 9.17) is 4.74 Å². The van der Waals surface area contributed by atoms with Gasteiger partial charge in [-0.15, -0.1) is 0 Å². The van der Waals surface area contributed by atoms with Gasteiger partial charge in [0.1, 0.15) is 12.1 Å². The summed E-state index contributed by atoms with van der Waals surface area (Å²) in [4.78, 5) is 8.54. The fourth-order valence-corrected chi connectivity index (χ4v) is 2.45. The Hall–Kier alpha value is -2.82. The van der Waals surface area contributed by atoms with Crippen molar-refractivity contribution in [3.8, 4) is 11.5 Å². The van der Waals surface area contributed by atoms with E-state index in [9.17, 15) is 5.11 Å². The number of ether oxygens (including phenoxy) is 1. The summed E-state index contributed by atoms with van der Waals surface area (Å²) in [7, 11) is 1.51. The van der Waals surface area contributed by atoms with E-state index in [-0.39, 0.29) is 5.75 Å². The number of phenols is 1. The van der Waals surface area contributed by atoms with E-state index in [1.807, 2.05) is 12.1 Å². The Balaban J connectivity index is 2.03. The van der Waals surface area contributed by atoms with Crippen LogP contribution in [0.3, 0.4) is 0 Å².